The Morgan fingerprint density at radius 1 is 0.625 bits per heavy atom. The van der Waals surface area contributed by atoms with Crippen LogP contribution in [0.5, 0.6) is 0 Å². The lowest BCUT2D eigenvalue weighted by atomic mass is 9.49. The van der Waals surface area contributed by atoms with Crippen molar-refractivity contribution < 1.29 is 0 Å². The van der Waals surface area contributed by atoms with Gasteiger partial charge in [0, 0.05) is 0 Å². The van der Waals surface area contributed by atoms with Crippen molar-refractivity contribution in [2.45, 2.75) is 52.2 Å². The molecule has 0 heterocycles. The van der Waals surface area contributed by atoms with Crippen LogP contribution in [0.15, 0.2) is 24.3 Å². The molecule has 0 atom stereocenters. The van der Waals surface area contributed by atoms with Crippen LogP contribution in [0.3, 0.4) is 0 Å². The third kappa shape index (κ3) is 5.44. The molecule has 0 unspecified atom stereocenters. The van der Waals surface area contributed by atoms with Crippen LogP contribution in [-0.2, 0) is 0 Å². The lowest BCUT2D eigenvalue weighted by molar-refractivity contribution is 0.758. The zero-order valence-corrected chi connectivity index (χ0v) is 11.5. The molecule has 0 bridgehead atoms. The lowest BCUT2D eigenvalue weighted by Gasteiger charge is -2.18. The molecule has 0 aliphatic rings. The van der Waals surface area contributed by atoms with Crippen LogP contribution in [-0.4, -0.2) is 14.6 Å². The van der Waals surface area contributed by atoms with Crippen molar-refractivity contribution in [3.63, 3.8) is 0 Å². The molecular formula is C14H22B2. The number of hydrogen-bond donors (Lipinski definition) is 0. The molecule has 0 aromatic heterocycles. The molecule has 0 aliphatic heterocycles. The Hall–Kier alpha value is -0.650. The summed E-state index contributed by atoms with van der Waals surface area (Å²) >= 11 is 0. The molecule has 2 radical (unpaired) electrons. The number of benzene rings is 1. The second kappa shape index (κ2) is 4.69. The van der Waals surface area contributed by atoms with Gasteiger partial charge in [-0.15, -0.1) is 0 Å². The second-order valence-electron chi connectivity index (χ2n) is 6.69. The molecule has 0 nitrogen and oxygen atoms in total. The fraction of sp³-hybridized carbons (Fsp3) is 0.571. The highest BCUT2D eigenvalue weighted by Crippen LogP contribution is 2.20. The van der Waals surface area contributed by atoms with Gasteiger partial charge in [-0.05, 0) is 0 Å². The maximum absolute atomic E-state index is 2.30. The highest BCUT2D eigenvalue weighted by molar-refractivity contribution is 6.58. The minimum atomic E-state index is 0.245. The molecule has 1 aromatic rings. The summed E-state index contributed by atoms with van der Waals surface area (Å²) in [5.41, 5.74) is 2.61. The first-order chi connectivity index (χ1) is 7.16. The van der Waals surface area contributed by atoms with Gasteiger partial charge in [0.05, 0.1) is 0 Å². The van der Waals surface area contributed by atoms with Crippen molar-refractivity contribution in [3.8, 4) is 0 Å². The van der Waals surface area contributed by atoms with Crippen LogP contribution >= 0.6 is 0 Å². The summed E-state index contributed by atoms with van der Waals surface area (Å²) in [7, 11) is 4.60. The summed E-state index contributed by atoms with van der Waals surface area (Å²) < 4.78 is 0. The zero-order valence-electron chi connectivity index (χ0n) is 11.5. The van der Waals surface area contributed by atoms with E-state index in [0.717, 1.165) is 0 Å². The van der Waals surface area contributed by atoms with Gasteiger partial charge in [-0.25, -0.2) is 0 Å². The molecule has 0 amide bonds. The van der Waals surface area contributed by atoms with E-state index < -0.39 is 0 Å². The minimum absolute atomic E-state index is 0.245. The van der Waals surface area contributed by atoms with Crippen LogP contribution in [0.25, 0.3) is 0 Å². The summed E-state index contributed by atoms with van der Waals surface area (Å²) in [5.74, 6) is 0. The molecule has 0 N–H and O–H groups in total. The molecule has 0 aliphatic carbocycles. The van der Waals surface area contributed by atoms with E-state index in [-0.39, 0.29) is 10.6 Å². The van der Waals surface area contributed by atoms with Crippen molar-refractivity contribution >= 4 is 25.5 Å². The van der Waals surface area contributed by atoms with Crippen LogP contribution in [0.2, 0.25) is 10.6 Å². The molecule has 0 spiro atoms. The van der Waals surface area contributed by atoms with Crippen molar-refractivity contribution in [2.24, 2.45) is 0 Å². The first kappa shape index (κ1) is 13.4. The Morgan fingerprint density at radius 2 is 0.875 bits per heavy atom. The van der Waals surface area contributed by atoms with Gasteiger partial charge in [0.15, 0.2) is 14.6 Å². The van der Waals surface area contributed by atoms with Gasteiger partial charge in [-0.2, -0.15) is 0 Å². The molecule has 1 aromatic carbocycles. The summed E-state index contributed by atoms with van der Waals surface area (Å²) in [4.78, 5) is 0. The normalized spacial score (nSPS) is 12.4. The average molecular weight is 212 g/mol. The van der Waals surface area contributed by atoms with Crippen molar-refractivity contribution in [1.82, 2.24) is 0 Å². The van der Waals surface area contributed by atoms with E-state index in [0.29, 0.717) is 0 Å². The summed E-state index contributed by atoms with van der Waals surface area (Å²) in [6.07, 6.45) is 0. The fourth-order valence-corrected chi connectivity index (χ4v) is 1.69. The molecule has 1 rings (SSSR count). The Kier molecular flexibility index (Phi) is 3.93. The van der Waals surface area contributed by atoms with Crippen LogP contribution in [0.1, 0.15) is 41.5 Å². The maximum Gasteiger partial charge on any atom is 0.157 e. The van der Waals surface area contributed by atoms with Gasteiger partial charge in [0.2, 0.25) is 0 Å². The standard InChI is InChI=1S/C14H22B2/c1-13(2,3)15-11-7-9-12(10-8-11)16-14(4,5)6/h7-10H,1-6H3. The molecular weight excluding hydrogens is 190 g/mol. The van der Waals surface area contributed by atoms with Crippen molar-refractivity contribution in [3.05, 3.63) is 24.3 Å². The maximum atomic E-state index is 2.30. The molecule has 0 saturated carbocycles. The molecule has 0 fully saturated rings. The predicted molar refractivity (Wildman–Crippen MR) is 76.6 cm³/mol. The first-order valence-corrected chi connectivity index (χ1v) is 5.98. The third-order valence-corrected chi connectivity index (χ3v) is 2.14. The topological polar surface area (TPSA) is 0 Å². The Balaban J connectivity index is 2.69. The van der Waals surface area contributed by atoms with Crippen LogP contribution < -0.4 is 10.9 Å². The van der Waals surface area contributed by atoms with E-state index in [1.165, 1.54) is 10.9 Å². The highest BCUT2D eigenvalue weighted by Gasteiger charge is 2.15. The van der Waals surface area contributed by atoms with Gasteiger partial charge in [0.25, 0.3) is 0 Å². The molecule has 16 heavy (non-hydrogen) atoms. The minimum Gasteiger partial charge on any atom is -0.0872 e. The smallest absolute Gasteiger partial charge is 0.0872 e. The highest BCUT2D eigenvalue weighted by atomic mass is 14.0. The molecule has 2 heteroatoms. The van der Waals surface area contributed by atoms with Gasteiger partial charge >= 0.3 is 0 Å². The monoisotopic (exact) mass is 212 g/mol. The summed E-state index contributed by atoms with van der Waals surface area (Å²) in [6, 6.07) is 8.79. The van der Waals surface area contributed by atoms with E-state index in [2.05, 4.69) is 80.4 Å². The van der Waals surface area contributed by atoms with E-state index >= 15 is 0 Å². The van der Waals surface area contributed by atoms with E-state index in [1.54, 1.807) is 0 Å². The van der Waals surface area contributed by atoms with E-state index in [9.17, 15) is 0 Å². The van der Waals surface area contributed by atoms with Gasteiger partial charge < -0.3 is 0 Å². The quantitative estimate of drug-likeness (QED) is 0.661. The predicted octanol–water partition coefficient (Wildman–Crippen LogP) is 2.78. The van der Waals surface area contributed by atoms with E-state index in [1.807, 2.05) is 0 Å². The average Bonchev–Trinajstić information content (AvgIpc) is 2.03. The Bertz CT molecular complexity index is 290. The van der Waals surface area contributed by atoms with Gasteiger partial charge in [0.1, 0.15) is 0 Å². The van der Waals surface area contributed by atoms with E-state index in [4.69, 9.17) is 0 Å². The van der Waals surface area contributed by atoms with Crippen LogP contribution in [0.4, 0.5) is 0 Å². The van der Waals surface area contributed by atoms with Gasteiger partial charge in [-0.1, -0.05) is 87.4 Å². The Morgan fingerprint density at radius 3 is 1.06 bits per heavy atom. The SMILES string of the molecule is CC(C)(C)[B]c1ccc([B]C(C)(C)C)cc1. The van der Waals surface area contributed by atoms with Crippen LogP contribution in [0, 0.1) is 0 Å². The first-order valence-electron chi connectivity index (χ1n) is 5.98. The summed E-state index contributed by atoms with van der Waals surface area (Å²) in [5, 5.41) is 0.491. The second-order valence-corrected chi connectivity index (χ2v) is 6.69. The van der Waals surface area contributed by atoms with Crippen molar-refractivity contribution in [2.75, 3.05) is 0 Å². The largest absolute Gasteiger partial charge is 0.157 e. The fourth-order valence-electron chi connectivity index (χ4n) is 1.69. The number of hydrogen-bond acceptors (Lipinski definition) is 0. The molecule has 0 saturated heterocycles. The zero-order chi connectivity index (χ0) is 12.4. The Labute approximate surface area is 102 Å². The number of rotatable bonds is 2. The van der Waals surface area contributed by atoms with Crippen molar-refractivity contribution in [1.29, 1.82) is 0 Å². The third-order valence-electron chi connectivity index (χ3n) is 2.14. The summed E-state index contributed by atoms with van der Waals surface area (Å²) in [6.45, 7) is 13.3. The lowest BCUT2D eigenvalue weighted by Crippen LogP contribution is -2.28. The van der Waals surface area contributed by atoms with Gasteiger partial charge in [-0.3, -0.25) is 0 Å². The molecule has 84 valence electrons.